The molecule has 0 saturated heterocycles. The Hall–Kier alpha value is -1.53. The average molecular weight is 438 g/mol. The number of benzene rings is 2. The lowest BCUT2D eigenvalue weighted by Crippen LogP contribution is -2.29. The summed E-state index contributed by atoms with van der Waals surface area (Å²) in [5.41, 5.74) is 3.35. The first-order valence-corrected chi connectivity index (χ1v) is 8.84. The Kier molecular flexibility index (Phi) is 3.81. The number of rotatable bonds is 2. The zero-order valence-electron chi connectivity index (χ0n) is 12.4. The van der Waals surface area contributed by atoms with E-state index in [1.54, 1.807) is 7.11 Å². The van der Waals surface area contributed by atoms with Gasteiger partial charge in [-0.2, -0.15) is 5.10 Å². The monoisotopic (exact) mass is 436 g/mol. The topological polar surface area (TPSA) is 34.1 Å². The molecule has 0 spiro atoms. The van der Waals surface area contributed by atoms with Gasteiger partial charge in [-0.15, -0.1) is 0 Å². The quantitative estimate of drug-likeness (QED) is 0.681. The lowest BCUT2D eigenvalue weighted by molar-refractivity contribution is 0.0741. The summed E-state index contributed by atoms with van der Waals surface area (Å²) in [4.78, 5) is 0. The van der Waals surface area contributed by atoms with Gasteiger partial charge in [-0.05, 0) is 57.9 Å². The number of ether oxygens (including phenoxy) is 2. The fourth-order valence-corrected chi connectivity index (χ4v) is 4.39. The summed E-state index contributed by atoms with van der Waals surface area (Å²) in [5, 5.41) is 6.76. The number of nitrogens with zero attached hydrogens (tertiary/aromatic N) is 2. The van der Waals surface area contributed by atoms with Crippen LogP contribution in [0.3, 0.4) is 0 Å². The maximum Gasteiger partial charge on any atom is 0.177 e. The number of methoxy groups -OCH3 is 1. The standard InChI is InChI=1S/C17H14Br2N2O2/c1-22-12-4-2-10(3-5-12)15-8-16-13-6-11(18)7-14(19)17(13)23-9-21(16)20-15/h2-7,16H,8-9H2,1H3. The van der Waals surface area contributed by atoms with E-state index in [0.29, 0.717) is 6.73 Å². The van der Waals surface area contributed by atoms with E-state index in [4.69, 9.17) is 14.6 Å². The zero-order chi connectivity index (χ0) is 16.0. The maximum atomic E-state index is 5.88. The third-order valence-corrected chi connectivity index (χ3v) is 5.20. The van der Waals surface area contributed by atoms with Crippen LogP contribution in [0.5, 0.6) is 11.5 Å². The van der Waals surface area contributed by atoms with Gasteiger partial charge >= 0.3 is 0 Å². The van der Waals surface area contributed by atoms with E-state index in [-0.39, 0.29) is 6.04 Å². The minimum absolute atomic E-state index is 0.213. The Labute approximate surface area is 151 Å². The summed E-state index contributed by atoms with van der Waals surface area (Å²) < 4.78 is 13.1. The van der Waals surface area contributed by atoms with E-state index >= 15 is 0 Å². The molecule has 0 aromatic heterocycles. The Balaban J connectivity index is 1.66. The van der Waals surface area contributed by atoms with E-state index in [1.807, 2.05) is 23.2 Å². The zero-order valence-corrected chi connectivity index (χ0v) is 15.6. The molecule has 4 nitrogen and oxygen atoms in total. The molecule has 2 heterocycles. The van der Waals surface area contributed by atoms with E-state index < -0.39 is 0 Å². The first-order chi connectivity index (χ1) is 11.2. The van der Waals surface area contributed by atoms with Crippen molar-refractivity contribution in [2.45, 2.75) is 12.5 Å². The highest BCUT2D eigenvalue weighted by Gasteiger charge is 2.35. The minimum atomic E-state index is 0.213. The Morgan fingerprint density at radius 2 is 2.00 bits per heavy atom. The van der Waals surface area contributed by atoms with Gasteiger partial charge < -0.3 is 9.47 Å². The minimum Gasteiger partial charge on any atom is -0.497 e. The second-order valence-corrected chi connectivity index (χ2v) is 7.28. The highest BCUT2D eigenvalue weighted by atomic mass is 79.9. The molecule has 1 atom stereocenters. The molecule has 23 heavy (non-hydrogen) atoms. The first-order valence-electron chi connectivity index (χ1n) is 7.26. The number of halogens is 2. The van der Waals surface area contributed by atoms with Gasteiger partial charge in [0.1, 0.15) is 11.5 Å². The summed E-state index contributed by atoms with van der Waals surface area (Å²) in [6.45, 7) is 0.470. The van der Waals surface area contributed by atoms with E-state index in [1.165, 1.54) is 0 Å². The number of hydrazone groups is 1. The van der Waals surface area contributed by atoms with Crippen molar-refractivity contribution in [3.63, 3.8) is 0 Å². The van der Waals surface area contributed by atoms with Gasteiger partial charge in [-0.1, -0.05) is 15.9 Å². The van der Waals surface area contributed by atoms with Crippen LogP contribution in [0, 0.1) is 0 Å². The Morgan fingerprint density at radius 1 is 1.22 bits per heavy atom. The van der Waals surface area contributed by atoms with Crippen molar-refractivity contribution in [3.05, 3.63) is 56.5 Å². The molecule has 0 aliphatic carbocycles. The van der Waals surface area contributed by atoms with Crippen LogP contribution in [0.15, 0.2) is 50.4 Å². The van der Waals surface area contributed by atoms with Crippen molar-refractivity contribution in [1.29, 1.82) is 0 Å². The van der Waals surface area contributed by atoms with Gasteiger partial charge in [0.2, 0.25) is 0 Å². The molecule has 4 rings (SSSR count). The fraction of sp³-hybridized carbons (Fsp3) is 0.235. The van der Waals surface area contributed by atoms with Crippen LogP contribution in [-0.4, -0.2) is 24.6 Å². The van der Waals surface area contributed by atoms with Crippen molar-refractivity contribution in [1.82, 2.24) is 5.01 Å². The van der Waals surface area contributed by atoms with Gasteiger partial charge in [-0.25, -0.2) is 0 Å². The highest BCUT2D eigenvalue weighted by molar-refractivity contribution is 9.11. The summed E-state index contributed by atoms with van der Waals surface area (Å²) in [7, 11) is 1.67. The summed E-state index contributed by atoms with van der Waals surface area (Å²) >= 11 is 7.14. The van der Waals surface area contributed by atoms with Gasteiger partial charge in [-0.3, -0.25) is 5.01 Å². The van der Waals surface area contributed by atoms with E-state index in [0.717, 1.165) is 43.7 Å². The molecule has 0 bridgehead atoms. The summed E-state index contributed by atoms with van der Waals surface area (Å²) in [5.74, 6) is 1.77. The molecule has 0 radical (unpaired) electrons. The lowest BCUT2D eigenvalue weighted by atomic mass is 9.97. The molecule has 1 unspecified atom stereocenters. The molecule has 2 aliphatic rings. The molecule has 118 valence electrons. The number of hydrogen-bond donors (Lipinski definition) is 0. The predicted octanol–water partition coefficient (Wildman–Crippen LogP) is 4.72. The van der Waals surface area contributed by atoms with Crippen LogP contribution >= 0.6 is 31.9 Å². The van der Waals surface area contributed by atoms with Gasteiger partial charge in [0.25, 0.3) is 0 Å². The molecule has 0 fully saturated rings. The molecule has 6 heteroatoms. The average Bonchev–Trinajstić information content (AvgIpc) is 2.99. The van der Waals surface area contributed by atoms with Crippen molar-refractivity contribution < 1.29 is 9.47 Å². The van der Waals surface area contributed by atoms with Gasteiger partial charge in [0.15, 0.2) is 6.73 Å². The van der Waals surface area contributed by atoms with Crippen molar-refractivity contribution >= 4 is 37.6 Å². The molecule has 2 aliphatic heterocycles. The molecule has 2 aromatic carbocycles. The third kappa shape index (κ3) is 2.64. The molecule has 0 saturated carbocycles. The van der Waals surface area contributed by atoms with Crippen molar-refractivity contribution in [2.24, 2.45) is 5.10 Å². The Morgan fingerprint density at radius 3 is 2.74 bits per heavy atom. The van der Waals surface area contributed by atoms with Crippen LogP contribution in [-0.2, 0) is 0 Å². The third-order valence-electron chi connectivity index (χ3n) is 4.16. The second-order valence-electron chi connectivity index (χ2n) is 5.51. The van der Waals surface area contributed by atoms with Crippen molar-refractivity contribution in [3.8, 4) is 11.5 Å². The molecule has 2 aromatic rings. The predicted molar refractivity (Wildman–Crippen MR) is 96.1 cm³/mol. The van der Waals surface area contributed by atoms with Gasteiger partial charge in [0, 0.05) is 16.5 Å². The SMILES string of the molecule is COc1ccc(C2=NN3COc4c(Br)cc(Br)cc4C3C2)cc1. The van der Waals surface area contributed by atoms with Crippen LogP contribution < -0.4 is 9.47 Å². The van der Waals surface area contributed by atoms with Gasteiger partial charge in [0.05, 0.1) is 23.3 Å². The van der Waals surface area contributed by atoms with Crippen molar-refractivity contribution in [2.75, 3.05) is 13.8 Å². The molecular formula is C17H14Br2N2O2. The smallest absolute Gasteiger partial charge is 0.177 e. The summed E-state index contributed by atoms with van der Waals surface area (Å²) in [6, 6.07) is 12.4. The lowest BCUT2D eigenvalue weighted by Gasteiger charge is -2.31. The number of hydrogen-bond acceptors (Lipinski definition) is 4. The number of fused-ring (bicyclic) bond motifs is 3. The molecule has 0 amide bonds. The van der Waals surface area contributed by atoms with Crippen LogP contribution in [0.25, 0.3) is 0 Å². The Bertz CT molecular complexity index is 790. The first kappa shape index (κ1) is 15.0. The van der Waals surface area contributed by atoms with Crippen LogP contribution in [0.1, 0.15) is 23.6 Å². The highest BCUT2D eigenvalue weighted by Crippen LogP contribution is 2.45. The largest absolute Gasteiger partial charge is 0.497 e. The molecular weight excluding hydrogens is 424 g/mol. The second kappa shape index (κ2) is 5.83. The van der Waals surface area contributed by atoms with E-state index in [2.05, 4.69) is 50.1 Å². The molecule has 0 N–H and O–H groups in total. The normalized spacial score (nSPS) is 18.8. The van der Waals surface area contributed by atoms with Crippen LogP contribution in [0.2, 0.25) is 0 Å². The van der Waals surface area contributed by atoms with E-state index in [9.17, 15) is 0 Å². The fourth-order valence-electron chi connectivity index (χ4n) is 3.01. The maximum absolute atomic E-state index is 5.88. The van der Waals surface area contributed by atoms with Crippen LogP contribution in [0.4, 0.5) is 0 Å². The summed E-state index contributed by atoms with van der Waals surface area (Å²) in [6.07, 6.45) is 0.867.